The fraction of sp³-hybridized carbons (Fsp3) is 0.500. The van der Waals surface area contributed by atoms with Crippen molar-refractivity contribution in [3.63, 3.8) is 0 Å². The first-order valence-electron chi connectivity index (χ1n) is 8.93. The zero-order valence-corrected chi connectivity index (χ0v) is 14.9. The average molecular weight is 354 g/mol. The first-order valence-corrected chi connectivity index (χ1v) is 8.93. The lowest BCUT2D eigenvalue weighted by molar-refractivity contribution is -0.138. The Balaban J connectivity index is 1.63. The van der Waals surface area contributed by atoms with E-state index in [-0.39, 0.29) is 35.8 Å². The van der Waals surface area contributed by atoms with Crippen molar-refractivity contribution < 1.29 is 9.59 Å². The number of carbonyl (C=O) groups excluding carboxylic acids is 2. The van der Waals surface area contributed by atoms with E-state index in [9.17, 15) is 9.59 Å². The number of amides is 2. The maximum Gasteiger partial charge on any atom is 0.289 e. The van der Waals surface area contributed by atoms with E-state index in [1.165, 1.54) is 0 Å². The number of nitrogens with one attached hydrogen (secondary N) is 1. The summed E-state index contributed by atoms with van der Waals surface area (Å²) in [6.07, 6.45) is 8.19. The summed E-state index contributed by atoms with van der Waals surface area (Å²) in [7, 11) is 1.91. The molecule has 1 aliphatic carbocycles. The van der Waals surface area contributed by atoms with E-state index >= 15 is 0 Å². The monoisotopic (exact) mass is 354 g/mol. The minimum Gasteiger partial charge on any atom is -0.344 e. The number of rotatable bonds is 4. The molecule has 4 rings (SSSR count). The highest BCUT2D eigenvalue weighted by molar-refractivity contribution is 5.91. The second kappa shape index (κ2) is 6.51. The van der Waals surface area contributed by atoms with Gasteiger partial charge < -0.3 is 14.8 Å². The van der Waals surface area contributed by atoms with E-state index in [2.05, 4.69) is 20.3 Å². The van der Waals surface area contributed by atoms with Crippen LogP contribution in [0.15, 0.2) is 24.7 Å². The highest BCUT2D eigenvalue weighted by atomic mass is 16.2. The van der Waals surface area contributed by atoms with Gasteiger partial charge in [0.1, 0.15) is 11.9 Å². The number of hydrogen-bond donors (Lipinski definition) is 1. The van der Waals surface area contributed by atoms with Gasteiger partial charge in [0, 0.05) is 43.8 Å². The van der Waals surface area contributed by atoms with Gasteiger partial charge in [-0.1, -0.05) is 0 Å². The van der Waals surface area contributed by atoms with Gasteiger partial charge in [0.15, 0.2) is 0 Å². The minimum atomic E-state index is -0.317. The van der Waals surface area contributed by atoms with E-state index in [0.717, 1.165) is 24.4 Å². The van der Waals surface area contributed by atoms with E-state index in [1.807, 2.05) is 29.6 Å². The smallest absolute Gasteiger partial charge is 0.289 e. The molecule has 0 radical (unpaired) electrons. The van der Waals surface area contributed by atoms with Crippen molar-refractivity contribution in [3.8, 4) is 0 Å². The second-order valence-corrected chi connectivity index (χ2v) is 7.01. The van der Waals surface area contributed by atoms with Crippen LogP contribution in [-0.2, 0) is 11.8 Å². The SMILES string of the molecule is Cc1ccnc(C(=O)N[C@@H]2CCC(=O)N(C3CC3)[C@H]2c2nccn2C)n1. The summed E-state index contributed by atoms with van der Waals surface area (Å²) in [5, 5.41) is 3.05. The fourth-order valence-electron chi connectivity index (χ4n) is 3.61. The van der Waals surface area contributed by atoms with E-state index < -0.39 is 0 Å². The highest BCUT2D eigenvalue weighted by Crippen LogP contribution is 2.40. The second-order valence-electron chi connectivity index (χ2n) is 7.01. The third-order valence-electron chi connectivity index (χ3n) is 5.02. The van der Waals surface area contributed by atoms with Crippen LogP contribution < -0.4 is 5.32 Å². The number of aryl methyl sites for hydroxylation is 2. The Morgan fingerprint density at radius 3 is 2.69 bits per heavy atom. The molecule has 2 aromatic heterocycles. The number of likely N-dealkylation sites (tertiary alicyclic amines) is 1. The molecule has 2 atom stereocenters. The van der Waals surface area contributed by atoms with Crippen molar-refractivity contribution in [2.45, 2.75) is 50.7 Å². The molecule has 3 heterocycles. The summed E-state index contributed by atoms with van der Waals surface area (Å²) in [5.41, 5.74) is 0.740. The molecule has 0 unspecified atom stereocenters. The van der Waals surface area contributed by atoms with Gasteiger partial charge in [-0.05, 0) is 32.3 Å². The molecular weight excluding hydrogens is 332 g/mol. The Morgan fingerprint density at radius 2 is 2.04 bits per heavy atom. The maximum atomic E-state index is 12.7. The van der Waals surface area contributed by atoms with Crippen LogP contribution in [0.2, 0.25) is 0 Å². The van der Waals surface area contributed by atoms with E-state index in [4.69, 9.17) is 0 Å². The molecule has 0 bridgehead atoms. The largest absolute Gasteiger partial charge is 0.344 e. The zero-order chi connectivity index (χ0) is 18.3. The lowest BCUT2D eigenvalue weighted by Crippen LogP contribution is -2.53. The lowest BCUT2D eigenvalue weighted by atomic mass is 9.94. The number of aromatic nitrogens is 4. The third kappa shape index (κ3) is 3.07. The van der Waals surface area contributed by atoms with Crippen LogP contribution in [0.1, 0.15) is 53.9 Å². The topological polar surface area (TPSA) is 93.0 Å². The summed E-state index contributed by atoms with van der Waals surface area (Å²) in [5.74, 6) is 0.764. The Labute approximate surface area is 151 Å². The van der Waals surface area contributed by atoms with Crippen molar-refractivity contribution in [2.24, 2.45) is 7.05 Å². The molecule has 136 valence electrons. The highest BCUT2D eigenvalue weighted by Gasteiger charge is 2.46. The molecule has 1 saturated carbocycles. The Hall–Kier alpha value is -2.77. The Kier molecular flexibility index (Phi) is 4.18. The Morgan fingerprint density at radius 1 is 1.23 bits per heavy atom. The van der Waals surface area contributed by atoms with Crippen molar-refractivity contribution in [1.29, 1.82) is 0 Å². The summed E-state index contributed by atoms with van der Waals surface area (Å²) < 4.78 is 1.92. The molecule has 8 heteroatoms. The van der Waals surface area contributed by atoms with Crippen LogP contribution in [-0.4, -0.2) is 48.3 Å². The van der Waals surface area contributed by atoms with Crippen molar-refractivity contribution >= 4 is 11.8 Å². The molecule has 26 heavy (non-hydrogen) atoms. The van der Waals surface area contributed by atoms with Gasteiger partial charge in [-0.15, -0.1) is 0 Å². The first-order chi connectivity index (χ1) is 12.5. The molecule has 2 aliphatic rings. The summed E-state index contributed by atoms with van der Waals surface area (Å²) in [4.78, 5) is 39.9. The van der Waals surface area contributed by atoms with Crippen LogP contribution in [0.4, 0.5) is 0 Å². The number of hydrogen-bond acceptors (Lipinski definition) is 5. The van der Waals surface area contributed by atoms with Gasteiger partial charge in [0.2, 0.25) is 11.7 Å². The van der Waals surface area contributed by atoms with Gasteiger partial charge in [-0.25, -0.2) is 15.0 Å². The molecule has 0 spiro atoms. The fourth-order valence-corrected chi connectivity index (χ4v) is 3.61. The van der Waals surface area contributed by atoms with Gasteiger partial charge in [0.25, 0.3) is 5.91 Å². The van der Waals surface area contributed by atoms with E-state index in [1.54, 1.807) is 18.5 Å². The predicted molar refractivity (Wildman–Crippen MR) is 93.1 cm³/mol. The van der Waals surface area contributed by atoms with Crippen LogP contribution in [0.5, 0.6) is 0 Å². The minimum absolute atomic E-state index is 0.137. The van der Waals surface area contributed by atoms with Gasteiger partial charge in [-0.3, -0.25) is 9.59 Å². The molecule has 0 aromatic carbocycles. The molecule has 2 aromatic rings. The molecule has 2 amide bonds. The van der Waals surface area contributed by atoms with Crippen LogP contribution in [0, 0.1) is 6.92 Å². The van der Waals surface area contributed by atoms with Crippen LogP contribution in [0.3, 0.4) is 0 Å². The first kappa shape index (κ1) is 16.7. The predicted octanol–water partition coefficient (Wildman–Crippen LogP) is 1.14. The number of carbonyl (C=O) groups is 2. The number of nitrogens with zero attached hydrogens (tertiary/aromatic N) is 5. The van der Waals surface area contributed by atoms with Crippen molar-refractivity contribution in [3.05, 3.63) is 42.0 Å². The quantitative estimate of drug-likeness (QED) is 0.889. The molecule has 2 fully saturated rings. The van der Waals surface area contributed by atoms with Gasteiger partial charge >= 0.3 is 0 Å². The van der Waals surface area contributed by atoms with Crippen LogP contribution in [0.25, 0.3) is 0 Å². The zero-order valence-electron chi connectivity index (χ0n) is 14.9. The summed E-state index contributed by atoms with van der Waals surface area (Å²) in [6.45, 7) is 1.82. The van der Waals surface area contributed by atoms with Gasteiger partial charge in [0.05, 0.1) is 6.04 Å². The van der Waals surface area contributed by atoms with Crippen LogP contribution >= 0.6 is 0 Å². The molecule has 8 nitrogen and oxygen atoms in total. The Bertz CT molecular complexity index is 844. The van der Waals surface area contributed by atoms with Gasteiger partial charge in [-0.2, -0.15) is 0 Å². The summed E-state index contributed by atoms with van der Waals surface area (Å²) in [6, 6.07) is 1.52. The molecule has 1 saturated heterocycles. The third-order valence-corrected chi connectivity index (χ3v) is 5.02. The van der Waals surface area contributed by atoms with Crippen molar-refractivity contribution in [2.75, 3.05) is 0 Å². The summed E-state index contributed by atoms with van der Waals surface area (Å²) >= 11 is 0. The van der Waals surface area contributed by atoms with Crippen molar-refractivity contribution in [1.82, 2.24) is 29.7 Å². The number of imidazole rings is 1. The van der Waals surface area contributed by atoms with E-state index in [0.29, 0.717) is 12.8 Å². The normalized spacial score (nSPS) is 23.2. The average Bonchev–Trinajstić information content (AvgIpc) is 3.37. The number of piperidine rings is 1. The molecule has 1 aliphatic heterocycles. The molecule has 1 N–H and O–H groups in total. The standard InChI is InChI=1S/C18H22N6O2/c1-11-7-8-19-16(21-11)18(26)22-13-5-6-14(25)24(12-3-4-12)15(13)17-20-9-10-23(17)2/h7-10,12-13,15H,3-6H2,1-2H3,(H,22,26)/t13-,15-/m1/s1. The maximum absolute atomic E-state index is 12.7. The molecular formula is C18H22N6O2. The lowest BCUT2D eigenvalue weighted by Gasteiger charge is -2.41.